The minimum atomic E-state index is -0.0762. The maximum absolute atomic E-state index is 11.3. The van der Waals surface area contributed by atoms with E-state index in [9.17, 15) is 4.79 Å². The number of carbonyl (C=O) groups is 1. The van der Waals surface area contributed by atoms with E-state index >= 15 is 0 Å². The molecule has 0 unspecified atom stereocenters. The number of amides is 1. The highest BCUT2D eigenvalue weighted by molar-refractivity contribution is 6.30. The lowest BCUT2D eigenvalue weighted by atomic mass is 10.1. The van der Waals surface area contributed by atoms with Gasteiger partial charge in [0.15, 0.2) is 0 Å². The van der Waals surface area contributed by atoms with Crippen molar-refractivity contribution in [2.45, 2.75) is 26.4 Å². The third-order valence-corrected chi connectivity index (χ3v) is 2.45. The van der Waals surface area contributed by atoms with Crippen molar-refractivity contribution in [1.29, 1.82) is 0 Å². The fourth-order valence-electron chi connectivity index (χ4n) is 1.29. The van der Waals surface area contributed by atoms with Gasteiger partial charge in [-0.2, -0.15) is 0 Å². The molecule has 0 spiro atoms. The number of rotatable bonds is 6. The van der Waals surface area contributed by atoms with E-state index in [4.69, 9.17) is 16.3 Å². The van der Waals surface area contributed by atoms with Crippen molar-refractivity contribution in [3.63, 3.8) is 0 Å². The number of ether oxygens (including phenoxy) is 1. The van der Waals surface area contributed by atoms with Crippen LogP contribution in [0, 0.1) is 0 Å². The third-order valence-electron chi connectivity index (χ3n) is 2.20. The summed E-state index contributed by atoms with van der Waals surface area (Å²) in [6.07, 6.45) is 0.877. The first-order valence-corrected chi connectivity index (χ1v) is 6.08. The Hall–Kier alpha value is -1.06. The van der Waals surface area contributed by atoms with E-state index in [-0.39, 0.29) is 18.6 Å². The fraction of sp³-hybridized carbons (Fsp3) is 0.462. The zero-order chi connectivity index (χ0) is 12.7. The van der Waals surface area contributed by atoms with Crippen molar-refractivity contribution in [3.05, 3.63) is 34.9 Å². The molecule has 17 heavy (non-hydrogen) atoms. The average Bonchev–Trinajstić information content (AvgIpc) is 2.29. The van der Waals surface area contributed by atoms with E-state index < -0.39 is 0 Å². The SMILES string of the molecule is CC(C)OCC(=O)NCCc1ccc(Cl)cc1. The summed E-state index contributed by atoms with van der Waals surface area (Å²) in [5.74, 6) is -0.0762. The van der Waals surface area contributed by atoms with Crippen LogP contribution in [0.2, 0.25) is 5.02 Å². The Bertz CT molecular complexity index is 349. The van der Waals surface area contributed by atoms with Gasteiger partial charge >= 0.3 is 0 Å². The zero-order valence-corrected chi connectivity index (χ0v) is 11.0. The molecule has 0 saturated carbocycles. The molecule has 1 rings (SSSR count). The topological polar surface area (TPSA) is 38.3 Å². The molecule has 0 saturated heterocycles. The maximum atomic E-state index is 11.3. The number of hydrogen-bond donors (Lipinski definition) is 1. The van der Waals surface area contributed by atoms with Gasteiger partial charge in [-0.05, 0) is 38.0 Å². The number of halogens is 1. The summed E-state index contributed by atoms with van der Waals surface area (Å²) in [5.41, 5.74) is 1.15. The summed E-state index contributed by atoms with van der Waals surface area (Å²) in [7, 11) is 0. The van der Waals surface area contributed by atoms with E-state index in [0.717, 1.165) is 17.0 Å². The van der Waals surface area contributed by atoms with Crippen LogP contribution >= 0.6 is 11.6 Å². The summed E-state index contributed by atoms with van der Waals surface area (Å²) in [5, 5.41) is 3.53. The van der Waals surface area contributed by atoms with Crippen molar-refractivity contribution in [2.75, 3.05) is 13.2 Å². The average molecular weight is 256 g/mol. The van der Waals surface area contributed by atoms with Crippen LogP contribution in [0.25, 0.3) is 0 Å². The van der Waals surface area contributed by atoms with Gasteiger partial charge in [-0.25, -0.2) is 0 Å². The van der Waals surface area contributed by atoms with Crippen LogP contribution in [0.3, 0.4) is 0 Å². The van der Waals surface area contributed by atoms with Crippen molar-refractivity contribution < 1.29 is 9.53 Å². The molecule has 0 aliphatic rings. The maximum Gasteiger partial charge on any atom is 0.246 e. The zero-order valence-electron chi connectivity index (χ0n) is 10.2. The van der Waals surface area contributed by atoms with Crippen LogP contribution in [-0.4, -0.2) is 25.2 Å². The molecule has 0 fully saturated rings. The first-order chi connectivity index (χ1) is 8.08. The Morgan fingerprint density at radius 3 is 2.59 bits per heavy atom. The predicted octanol–water partition coefficient (Wildman–Crippen LogP) is 2.42. The number of hydrogen-bond acceptors (Lipinski definition) is 2. The molecule has 0 radical (unpaired) electrons. The van der Waals surface area contributed by atoms with Crippen molar-refractivity contribution in [1.82, 2.24) is 5.32 Å². The third kappa shape index (κ3) is 6.29. The summed E-state index contributed by atoms with van der Waals surface area (Å²) in [4.78, 5) is 11.3. The lowest BCUT2D eigenvalue weighted by molar-refractivity contribution is -0.127. The molecule has 4 heteroatoms. The quantitative estimate of drug-likeness (QED) is 0.848. The molecule has 0 bridgehead atoms. The molecule has 3 nitrogen and oxygen atoms in total. The molecule has 0 heterocycles. The van der Waals surface area contributed by atoms with Gasteiger partial charge in [0, 0.05) is 11.6 Å². The molecular formula is C13H18ClNO2. The van der Waals surface area contributed by atoms with E-state index in [1.807, 2.05) is 38.1 Å². The Morgan fingerprint density at radius 2 is 2.00 bits per heavy atom. The lowest BCUT2D eigenvalue weighted by Gasteiger charge is -2.08. The van der Waals surface area contributed by atoms with E-state index in [2.05, 4.69) is 5.32 Å². The minimum Gasteiger partial charge on any atom is -0.369 e. The second-order valence-electron chi connectivity index (χ2n) is 4.09. The van der Waals surface area contributed by atoms with E-state index in [0.29, 0.717) is 6.54 Å². The second kappa shape index (κ2) is 7.30. The number of benzene rings is 1. The molecule has 0 atom stereocenters. The standard InChI is InChI=1S/C13H18ClNO2/c1-10(2)17-9-13(16)15-8-7-11-3-5-12(14)6-4-11/h3-6,10H,7-9H2,1-2H3,(H,15,16). The summed E-state index contributed by atoms with van der Waals surface area (Å²) < 4.78 is 5.19. The van der Waals surface area contributed by atoms with Crippen molar-refractivity contribution in [2.24, 2.45) is 0 Å². The molecule has 1 aromatic rings. The molecule has 0 aromatic heterocycles. The molecule has 94 valence electrons. The second-order valence-corrected chi connectivity index (χ2v) is 4.52. The summed E-state index contributed by atoms with van der Waals surface area (Å²) >= 11 is 5.78. The Morgan fingerprint density at radius 1 is 1.35 bits per heavy atom. The van der Waals surface area contributed by atoms with Crippen molar-refractivity contribution >= 4 is 17.5 Å². The molecule has 0 aliphatic carbocycles. The van der Waals surface area contributed by atoms with Crippen LogP contribution in [0.15, 0.2) is 24.3 Å². The molecule has 0 aliphatic heterocycles. The van der Waals surface area contributed by atoms with Crippen molar-refractivity contribution in [3.8, 4) is 0 Å². The summed E-state index contributed by atoms with van der Waals surface area (Å²) in [6.45, 7) is 4.54. The number of carbonyl (C=O) groups excluding carboxylic acids is 1. The van der Waals surface area contributed by atoms with E-state index in [1.54, 1.807) is 0 Å². The van der Waals surface area contributed by atoms with Gasteiger partial charge in [-0.1, -0.05) is 23.7 Å². The van der Waals surface area contributed by atoms with Crippen LogP contribution < -0.4 is 5.32 Å². The van der Waals surface area contributed by atoms with E-state index in [1.165, 1.54) is 0 Å². The summed E-state index contributed by atoms with van der Waals surface area (Å²) in [6, 6.07) is 7.61. The Balaban J connectivity index is 2.19. The van der Waals surface area contributed by atoms with Gasteiger partial charge in [0.2, 0.25) is 5.91 Å². The fourth-order valence-corrected chi connectivity index (χ4v) is 1.42. The molecule has 1 aromatic carbocycles. The highest BCUT2D eigenvalue weighted by Crippen LogP contribution is 2.09. The van der Waals surface area contributed by atoms with Gasteiger partial charge < -0.3 is 10.1 Å². The molecule has 1 N–H and O–H groups in total. The normalized spacial score (nSPS) is 10.6. The lowest BCUT2D eigenvalue weighted by Crippen LogP contribution is -2.30. The van der Waals surface area contributed by atoms with Crippen LogP contribution in [0.4, 0.5) is 0 Å². The van der Waals surface area contributed by atoms with Gasteiger partial charge in [-0.15, -0.1) is 0 Å². The first kappa shape index (κ1) is 14.0. The first-order valence-electron chi connectivity index (χ1n) is 5.70. The largest absolute Gasteiger partial charge is 0.369 e. The highest BCUT2D eigenvalue weighted by atomic mass is 35.5. The monoisotopic (exact) mass is 255 g/mol. The van der Waals surface area contributed by atoms with Crippen LogP contribution in [0.5, 0.6) is 0 Å². The smallest absolute Gasteiger partial charge is 0.246 e. The van der Waals surface area contributed by atoms with Gasteiger partial charge in [-0.3, -0.25) is 4.79 Å². The van der Waals surface area contributed by atoms with Crippen LogP contribution in [0.1, 0.15) is 19.4 Å². The van der Waals surface area contributed by atoms with Gasteiger partial charge in [0.25, 0.3) is 0 Å². The molecule has 1 amide bonds. The highest BCUT2D eigenvalue weighted by Gasteiger charge is 2.02. The number of nitrogens with one attached hydrogen (secondary N) is 1. The predicted molar refractivity (Wildman–Crippen MR) is 69.3 cm³/mol. The Labute approximate surface area is 107 Å². The Kier molecular flexibility index (Phi) is 6.01. The molecular weight excluding hydrogens is 238 g/mol. The van der Waals surface area contributed by atoms with Gasteiger partial charge in [0.05, 0.1) is 6.10 Å². The van der Waals surface area contributed by atoms with Crippen LogP contribution in [-0.2, 0) is 16.0 Å². The van der Waals surface area contributed by atoms with Gasteiger partial charge in [0.1, 0.15) is 6.61 Å². The minimum absolute atomic E-state index is 0.0762.